The van der Waals surface area contributed by atoms with Crippen molar-refractivity contribution < 1.29 is 14.7 Å². The van der Waals surface area contributed by atoms with Gasteiger partial charge in [0.15, 0.2) is 5.13 Å². The topological polar surface area (TPSA) is 95.8 Å². The minimum atomic E-state index is -0.414. The van der Waals surface area contributed by atoms with Crippen molar-refractivity contribution in [2.75, 3.05) is 17.7 Å². The van der Waals surface area contributed by atoms with E-state index in [0.717, 1.165) is 0 Å². The van der Waals surface area contributed by atoms with Crippen LogP contribution in [0.5, 0.6) is 5.75 Å². The highest BCUT2D eigenvalue weighted by atomic mass is 32.1. The SMILES string of the molecule is COc1cccc(NC(=O)Nc2nc(C(C)=NO)cs2)c1. The van der Waals surface area contributed by atoms with Crippen LogP contribution in [0.2, 0.25) is 0 Å². The Balaban J connectivity index is 1.99. The van der Waals surface area contributed by atoms with Gasteiger partial charge in [0, 0.05) is 17.1 Å². The zero-order valence-corrected chi connectivity index (χ0v) is 12.3. The zero-order chi connectivity index (χ0) is 15.2. The van der Waals surface area contributed by atoms with Crippen molar-refractivity contribution in [3.63, 3.8) is 0 Å². The molecule has 0 saturated carbocycles. The number of nitrogens with one attached hydrogen (secondary N) is 2. The van der Waals surface area contributed by atoms with Crippen molar-refractivity contribution in [3.8, 4) is 5.75 Å². The van der Waals surface area contributed by atoms with Gasteiger partial charge in [-0.25, -0.2) is 9.78 Å². The molecule has 1 aromatic heterocycles. The number of amides is 2. The molecule has 0 radical (unpaired) electrons. The van der Waals surface area contributed by atoms with Crippen molar-refractivity contribution in [2.45, 2.75) is 6.92 Å². The smallest absolute Gasteiger partial charge is 0.325 e. The van der Waals surface area contributed by atoms with Gasteiger partial charge in [0.1, 0.15) is 17.2 Å². The first-order chi connectivity index (χ1) is 10.1. The second kappa shape index (κ2) is 6.71. The lowest BCUT2D eigenvalue weighted by Gasteiger charge is -2.06. The maximum atomic E-state index is 11.9. The molecule has 0 spiro atoms. The molecule has 0 fully saturated rings. The van der Waals surface area contributed by atoms with Gasteiger partial charge in [0.2, 0.25) is 0 Å². The summed E-state index contributed by atoms with van der Waals surface area (Å²) in [6, 6.07) is 6.60. The van der Waals surface area contributed by atoms with Gasteiger partial charge in [-0.1, -0.05) is 11.2 Å². The molecule has 0 bridgehead atoms. The molecule has 0 aliphatic rings. The fourth-order valence-corrected chi connectivity index (χ4v) is 2.26. The summed E-state index contributed by atoms with van der Waals surface area (Å²) in [5, 5.41) is 19.1. The molecule has 1 heterocycles. The lowest BCUT2D eigenvalue weighted by molar-refractivity contribution is 0.262. The number of carbonyl (C=O) groups excluding carboxylic acids is 1. The van der Waals surface area contributed by atoms with Crippen molar-refractivity contribution in [3.05, 3.63) is 35.3 Å². The summed E-state index contributed by atoms with van der Waals surface area (Å²) in [6.45, 7) is 1.62. The minimum absolute atomic E-state index is 0.382. The summed E-state index contributed by atoms with van der Waals surface area (Å²) >= 11 is 1.24. The van der Waals surface area contributed by atoms with E-state index in [-0.39, 0.29) is 0 Å². The molecule has 8 heteroatoms. The van der Waals surface area contributed by atoms with E-state index in [0.29, 0.717) is 28.0 Å². The van der Waals surface area contributed by atoms with Crippen molar-refractivity contribution in [2.24, 2.45) is 5.16 Å². The number of oxime groups is 1. The van der Waals surface area contributed by atoms with E-state index in [1.165, 1.54) is 11.3 Å². The first-order valence-corrected chi connectivity index (χ1v) is 6.87. The van der Waals surface area contributed by atoms with E-state index >= 15 is 0 Å². The van der Waals surface area contributed by atoms with Crippen molar-refractivity contribution >= 4 is 33.9 Å². The number of benzene rings is 1. The fourth-order valence-electron chi connectivity index (χ4n) is 1.51. The van der Waals surface area contributed by atoms with Gasteiger partial charge in [0.05, 0.1) is 7.11 Å². The lowest BCUT2D eigenvalue weighted by Crippen LogP contribution is -2.19. The quantitative estimate of drug-likeness (QED) is 0.459. The predicted octanol–water partition coefficient (Wildman–Crippen LogP) is 2.99. The third kappa shape index (κ3) is 3.93. The first kappa shape index (κ1) is 14.8. The van der Waals surface area contributed by atoms with Gasteiger partial charge in [0.25, 0.3) is 0 Å². The Morgan fingerprint density at radius 3 is 2.95 bits per heavy atom. The minimum Gasteiger partial charge on any atom is -0.497 e. The van der Waals surface area contributed by atoms with Gasteiger partial charge in [-0.2, -0.15) is 0 Å². The molecule has 0 aliphatic carbocycles. The monoisotopic (exact) mass is 306 g/mol. The normalized spacial score (nSPS) is 11.0. The second-order valence-electron chi connectivity index (χ2n) is 4.03. The lowest BCUT2D eigenvalue weighted by atomic mass is 10.3. The molecule has 0 aliphatic heterocycles. The number of ether oxygens (including phenoxy) is 1. The maximum absolute atomic E-state index is 11.9. The molecule has 0 atom stereocenters. The number of hydrogen-bond donors (Lipinski definition) is 3. The van der Waals surface area contributed by atoms with Gasteiger partial charge < -0.3 is 15.3 Å². The Hall–Kier alpha value is -2.61. The Morgan fingerprint density at radius 1 is 1.43 bits per heavy atom. The van der Waals surface area contributed by atoms with E-state index in [9.17, 15) is 4.79 Å². The summed E-state index contributed by atoms with van der Waals surface area (Å²) in [5.41, 5.74) is 1.50. The average molecular weight is 306 g/mol. The van der Waals surface area contributed by atoms with E-state index in [1.54, 1.807) is 43.7 Å². The fraction of sp³-hybridized carbons (Fsp3) is 0.154. The van der Waals surface area contributed by atoms with Gasteiger partial charge in [-0.15, -0.1) is 11.3 Å². The van der Waals surface area contributed by atoms with Crippen LogP contribution < -0.4 is 15.4 Å². The molecular formula is C13H14N4O3S. The Bertz CT molecular complexity index is 669. The Morgan fingerprint density at radius 2 is 2.24 bits per heavy atom. The molecular weight excluding hydrogens is 292 g/mol. The number of methoxy groups -OCH3 is 1. The van der Waals surface area contributed by atoms with E-state index in [1.807, 2.05) is 0 Å². The molecule has 0 saturated heterocycles. The number of anilines is 2. The number of urea groups is 1. The van der Waals surface area contributed by atoms with Gasteiger partial charge in [-0.05, 0) is 19.1 Å². The average Bonchev–Trinajstić information content (AvgIpc) is 2.94. The van der Waals surface area contributed by atoms with Crippen LogP contribution in [-0.2, 0) is 0 Å². The van der Waals surface area contributed by atoms with Crippen LogP contribution in [0.25, 0.3) is 0 Å². The van der Waals surface area contributed by atoms with Crippen molar-refractivity contribution in [1.82, 2.24) is 4.98 Å². The number of rotatable bonds is 4. The number of nitrogens with zero attached hydrogens (tertiary/aromatic N) is 2. The third-order valence-electron chi connectivity index (χ3n) is 2.57. The second-order valence-corrected chi connectivity index (χ2v) is 4.89. The van der Waals surface area contributed by atoms with Crippen LogP contribution in [0.1, 0.15) is 12.6 Å². The highest BCUT2D eigenvalue weighted by molar-refractivity contribution is 7.14. The molecule has 3 N–H and O–H groups in total. The predicted molar refractivity (Wildman–Crippen MR) is 81.7 cm³/mol. The van der Waals surface area contributed by atoms with Crippen LogP contribution in [0.3, 0.4) is 0 Å². The van der Waals surface area contributed by atoms with Gasteiger partial charge in [-0.3, -0.25) is 5.32 Å². The summed E-state index contributed by atoms with van der Waals surface area (Å²) < 4.78 is 5.08. The summed E-state index contributed by atoms with van der Waals surface area (Å²) in [5.74, 6) is 0.652. The molecule has 21 heavy (non-hydrogen) atoms. The molecule has 2 amide bonds. The largest absolute Gasteiger partial charge is 0.497 e. The highest BCUT2D eigenvalue weighted by Crippen LogP contribution is 2.19. The van der Waals surface area contributed by atoms with Gasteiger partial charge >= 0.3 is 6.03 Å². The van der Waals surface area contributed by atoms with Crippen LogP contribution >= 0.6 is 11.3 Å². The Kier molecular flexibility index (Phi) is 4.72. The standard InChI is InChI=1S/C13H14N4O3S/c1-8(17-19)11-7-21-13(15-11)16-12(18)14-9-4-3-5-10(6-9)20-2/h3-7,19H,1-2H3,(H2,14,15,16,18). The van der Waals surface area contributed by atoms with Crippen molar-refractivity contribution in [1.29, 1.82) is 0 Å². The molecule has 7 nitrogen and oxygen atoms in total. The summed E-state index contributed by atoms with van der Waals surface area (Å²) in [4.78, 5) is 16.0. The van der Waals surface area contributed by atoms with Crippen LogP contribution in [0.4, 0.5) is 15.6 Å². The number of aromatic nitrogens is 1. The summed E-state index contributed by atoms with van der Waals surface area (Å²) in [6.07, 6.45) is 0. The summed E-state index contributed by atoms with van der Waals surface area (Å²) in [7, 11) is 1.56. The number of thiazole rings is 1. The third-order valence-corrected chi connectivity index (χ3v) is 3.33. The molecule has 2 rings (SSSR count). The van der Waals surface area contributed by atoms with E-state index in [2.05, 4.69) is 20.8 Å². The number of hydrogen-bond acceptors (Lipinski definition) is 6. The highest BCUT2D eigenvalue weighted by Gasteiger charge is 2.09. The van der Waals surface area contributed by atoms with Crippen LogP contribution in [0, 0.1) is 0 Å². The van der Waals surface area contributed by atoms with Crippen LogP contribution in [0.15, 0.2) is 34.8 Å². The maximum Gasteiger partial charge on any atom is 0.325 e. The zero-order valence-electron chi connectivity index (χ0n) is 11.5. The molecule has 110 valence electrons. The molecule has 2 aromatic rings. The first-order valence-electron chi connectivity index (χ1n) is 5.99. The molecule has 0 unspecified atom stereocenters. The molecule has 1 aromatic carbocycles. The number of carbonyl (C=O) groups is 1. The van der Waals surface area contributed by atoms with E-state index in [4.69, 9.17) is 9.94 Å². The van der Waals surface area contributed by atoms with E-state index < -0.39 is 6.03 Å². The van der Waals surface area contributed by atoms with Crippen LogP contribution in [-0.4, -0.2) is 29.0 Å². The Labute approximate surface area is 125 Å².